The summed E-state index contributed by atoms with van der Waals surface area (Å²) < 4.78 is 0. The second kappa shape index (κ2) is 6.81. The predicted molar refractivity (Wildman–Crippen MR) is 59.5 cm³/mol. The Hall–Kier alpha value is -1.67. The number of rotatable bonds is 6. The summed E-state index contributed by atoms with van der Waals surface area (Å²) in [5.74, 6) is -1.89. The minimum Gasteiger partial charge on any atom is -0.391 e. The number of nitrogens with one attached hydrogen (secondary N) is 2. The van der Waals surface area contributed by atoms with Crippen LogP contribution in [0.1, 0.15) is 13.8 Å². The molecule has 98 valence electrons. The summed E-state index contributed by atoms with van der Waals surface area (Å²) in [7, 11) is 0. The van der Waals surface area contributed by atoms with Gasteiger partial charge in [0.1, 0.15) is 12.1 Å². The molecule has 0 aliphatic carbocycles. The van der Waals surface area contributed by atoms with Crippen LogP contribution in [0.3, 0.4) is 0 Å². The first-order chi connectivity index (χ1) is 7.75. The molecule has 0 aromatic heterocycles. The van der Waals surface area contributed by atoms with Gasteiger partial charge in [-0.25, -0.2) is 0 Å². The average Bonchev–Trinajstić information content (AvgIpc) is 2.24. The second-order valence-electron chi connectivity index (χ2n) is 3.68. The number of amides is 3. The van der Waals surface area contributed by atoms with Crippen LogP contribution in [0.15, 0.2) is 0 Å². The van der Waals surface area contributed by atoms with E-state index >= 15 is 0 Å². The van der Waals surface area contributed by atoms with Gasteiger partial charge in [0.2, 0.25) is 17.7 Å². The van der Waals surface area contributed by atoms with E-state index in [0.29, 0.717) is 0 Å². The SMILES string of the molecule is CC(O)[C@H](N)C(=O)NCC(=O)N[C@@H](C)C(N)=O. The third-order valence-electron chi connectivity index (χ3n) is 2.05. The number of carbonyl (C=O) groups is 3. The van der Waals surface area contributed by atoms with Gasteiger partial charge >= 0.3 is 0 Å². The van der Waals surface area contributed by atoms with Crippen LogP contribution in [-0.2, 0) is 14.4 Å². The van der Waals surface area contributed by atoms with Crippen molar-refractivity contribution in [3.05, 3.63) is 0 Å². The molecule has 0 saturated heterocycles. The molecule has 3 amide bonds. The van der Waals surface area contributed by atoms with Gasteiger partial charge in [-0.15, -0.1) is 0 Å². The molecule has 0 bridgehead atoms. The molecule has 0 radical (unpaired) electrons. The molecule has 7 N–H and O–H groups in total. The van der Waals surface area contributed by atoms with Crippen molar-refractivity contribution in [2.45, 2.75) is 32.0 Å². The topological polar surface area (TPSA) is 148 Å². The summed E-state index contributed by atoms with van der Waals surface area (Å²) in [4.78, 5) is 33.1. The van der Waals surface area contributed by atoms with E-state index in [0.717, 1.165) is 0 Å². The van der Waals surface area contributed by atoms with E-state index in [2.05, 4.69) is 10.6 Å². The first-order valence-electron chi connectivity index (χ1n) is 5.05. The fourth-order valence-electron chi connectivity index (χ4n) is 0.868. The summed E-state index contributed by atoms with van der Waals surface area (Å²) in [5, 5.41) is 13.5. The zero-order chi connectivity index (χ0) is 13.6. The third-order valence-corrected chi connectivity index (χ3v) is 2.05. The van der Waals surface area contributed by atoms with Gasteiger partial charge in [-0.1, -0.05) is 0 Å². The van der Waals surface area contributed by atoms with E-state index in [-0.39, 0.29) is 6.54 Å². The highest BCUT2D eigenvalue weighted by atomic mass is 16.3. The monoisotopic (exact) mass is 246 g/mol. The van der Waals surface area contributed by atoms with Crippen LogP contribution >= 0.6 is 0 Å². The van der Waals surface area contributed by atoms with E-state index in [4.69, 9.17) is 16.6 Å². The van der Waals surface area contributed by atoms with Crippen molar-refractivity contribution in [2.24, 2.45) is 11.5 Å². The molecule has 8 nitrogen and oxygen atoms in total. The molecular formula is C9H18N4O4. The van der Waals surface area contributed by atoms with Crippen molar-refractivity contribution in [2.75, 3.05) is 6.54 Å². The van der Waals surface area contributed by atoms with Crippen LogP contribution in [0.4, 0.5) is 0 Å². The Morgan fingerprint density at radius 1 is 1.29 bits per heavy atom. The average molecular weight is 246 g/mol. The van der Waals surface area contributed by atoms with Gasteiger partial charge in [-0.3, -0.25) is 14.4 Å². The maximum absolute atomic E-state index is 11.2. The first-order valence-corrected chi connectivity index (χ1v) is 5.05. The minimum atomic E-state index is -1.10. The lowest BCUT2D eigenvalue weighted by Crippen LogP contribution is -2.51. The van der Waals surface area contributed by atoms with Crippen molar-refractivity contribution in [3.63, 3.8) is 0 Å². The number of primary amides is 1. The van der Waals surface area contributed by atoms with Crippen molar-refractivity contribution in [3.8, 4) is 0 Å². The number of carbonyl (C=O) groups excluding carboxylic acids is 3. The van der Waals surface area contributed by atoms with E-state index in [1.54, 1.807) is 0 Å². The Balaban J connectivity index is 4.00. The van der Waals surface area contributed by atoms with Crippen molar-refractivity contribution < 1.29 is 19.5 Å². The van der Waals surface area contributed by atoms with Gasteiger partial charge in [-0.05, 0) is 13.8 Å². The van der Waals surface area contributed by atoms with Gasteiger partial charge in [0, 0.05) is 0 Å². The Morgan fingerprint density at radius 2 is 1.82 bits per heavy atom. The van der Waals surface area contributed by atoms with E-state index in [1.165, 1.54) is 13.8 Å². The fourth-order valence-corrected chi connectivity index (χ4v) is 0.868. The maximum Gasteiger partial charge on any atom is 0.240 e. The normalized spacial score (nSPS) is 15.5. The Labute approximate surface area is 98.7 Å². The van der Waals surface area contributed by atoms with E-state index in [1.807, 2.05) is 0 Å². The second-order valence-corrected chi connectivity index (χ2v) is 3.68. The number of hydrogen-bond acceptors (Lipinski definition) is 5. The summed E-state index contributed by atoms with van der Waals surface area (Å²) in [5.41, 5.74) is 10.3. The standard InChI is InChI=1S/C9H18N4O4/c1-4(8(11)16)13-6(15)3-12-9(17)7(10)5(2)14/h4-5,7,14H,3,10H2,1-2H3,(H2,11,16)(H,12,17)(H,13,15)/t4-,5?,7-/m0/s1. The summed E-state index contributed by atoms with van der Waals surface area (Å²) in [6.07, 6.45) is -1.01. The molecule has 1 unspecified atom stereocenters. The number of aliphatic hydroxyl groups excluding tert-OH is 1. The molecular weight excluding hydrogens is 228 g/mol. The highest BCUT2D eigenvalue weighted by Gasteiger charge is 2.19. The molecule has 0 aromatic carbocycles. The Kier molecular flexibility index (Phi) is 6.15. The largest absolute Gasteiger partial charge is 0.391 e. The number of nitrogens with two attached hydrogens (primary N) is 2. The summed E-state index contributed by atoms with van der Waals surface area (Å²) >= 11 is 0. The van der Waals surface area contributed by atoms with Crippen LogP contribution in [0.2, 0.25) is 0 Å². The molecule has 8 heteroatoms. The predicted octanol–water partition coefficient (Wildman–Crippen LogP) is -3.20. The molecule has 0 aromatic rings. The van der Waals surface area contributed by atoms with Gasteiger partial charge in [0.05, 0.1) is 12.6 Å². The van der Waals surface area contributed by atoms with Crippen LogP contribution < -0.4 is 22.1 Å². The molecule has 0 rings (SSSR count). The lowest BCUT2D eigenvalue weighted by atomic mass is 10.2. The molecule has 0 aliphatic heterocycles. The maximum atomic E-state index is 11.2. The quantitative estimate of drug-likeness (QED) is 0.335. The fraction of sp³-hybridized carbons (Fsp3) is 0.667. The molecule has 0 fully saturated rings. The Morgan fingerprint density at radius 3 is 2.24 bits per heavy atom. The van der Waals surface area contributed by atoms with Crippen molar-refractivity contribution in [1.82, 2.24) is 10.6 Å². The highest BCUT2D eigenvalue weighted by Crippen LogP contribution is 1.87. The van der Waals surface area contributed by atoms with Crippen LogP contribution in [0.5, 0.6) is 0 Å². The van der Waals surface area contributed by atoms with Gasteiger partial charge in [0.15, 0.2) is 0 Å². The van der Waals surface area contributed by atoms with Gasteiger partial charge in [0.25, 0.3) is 0 Å². The van der Waals surface area contributed by atoms with Crippen molar-refractivity contribution in [1.29, 1.82) is 0 Å². The summed E-state index contributed by atoms with van der Waals surface area (Å²) in [6.45, 7) is 2.44. The minimum absolute atomic E-state index is 0.336. The molecule has 0 saturated carbocycles. The number of hydrogen-bond donors (Lipinski definition) is 5. The molecule has 0 aliphatic rings. The first kappa shape index (κ1) is 15.3. The molecule has 3 atom stereocenters. The van der Waals surface area contributed by atoms with Crippen LogP contribution in [0.25, 0.3) is 0 Å². The lowest BCUT2D eigenvalue weighted by Gasteiger charge is -2.15. The molecule has 0 heterocycles. The Bertz CT molecular complexity index is 305. The van der Waals surface area contributed by atoms with Gasteiger partial charge in [-0.2, -0.15) is 0 Å². The zero-order valence-electron chi connectivity index (χ0n) is 9.77. The van der Waals surface area contributed by atoms with Gasteiger partial charge < -0.3 is 27.2 Å². The van der Waals surface area contributed by atoms with E-state index in [9.17, 15) is 14.4 Å². The highest BCUT2D eigenvalue weighted by molar-refractivity contribution is 5.90. The smallest absolute Gasteiger partial charge is 0.240 e. The molecule has 17 heavy (non-hydrogen) atoms. The molecule has 0 spiro atoms. The third kappa shape index (κ3) is 5.83. The summed E-state index contributed by atoms with van der Waals surface area (Å²) in [6, 6.07) is -1.92. The van der Waals surface area contributed by atoms with Crippen LogP contribution in [0, 0.1) is 0 Å². The van der Waals surface area contributed by atoms with Crippen molar-refractivity contribution >= 4 is 17.7 Å². The van der Waals surface area contributed by atoms with E-state index < -0.39 is 35.9 Å². The van der Waals surface area contributed by atoms with Crippen LogP contribution in [-0.4, -0.2) is 47.6 Å². The zero-order valence-corrected chi connectivity index (χ0v) is 9.77. The number of aliphatic hydroxyl groups is 1. The lowest BCUT2D eigenvalue weighted by molar-refractivity contribution is -0.129.